The SMILES string of the molecule is CCNCc1cn(CCN(CCOC)C(CC)CC)nn1. The van der Waals surface area contributed by atoms with Crippen LogP contribution in [0, 0.1) is 0 Å². The van der Waals surface area contributed by atoms with Gasteiger partial charge in [0.25, 0.3) is 0 Å². The van der Waals surface area contributed by atoms with E-state index in [1.54, 1.807) is 7.11 Å². The van der Waals surface area contributed by atoms with Crippen LogP contribution in [-0.2, 0) is 17.8 Å². The zero-order chi connectivity index (χ0) is 15.5. The summed E-state index contributed by atoms with van der Waals surface area (Å²) in [5.41, 5.74) is 1.00. The molecule has 0 aliphatic rings. The van der Waals surface area contributed by atoms with Crippen LogP contribution >= 0.6 is 0 Å². The molecule has 0 amide bonds. The fraction of sp³-hybridized carbons (Fsp3) is 0.867. The summed E-state index contributed by atoms with van der Waals surface area (Å²) in [6, 6.07) is 0.616. The number of methoxy groups -OCH3 is 1. The van der Waals surface area contributed by atoms with Crippen molar-refractivity contribution in [3.63, 3.8) is 0 Å². The Morgan fingerprint density at radius 1 is 1.29 bits per heavy atom. The molecule has 1 aromatic rings. The monoisotopic (exact) mass is 297 g/mol. The largest absolute Gasteiger partial charge is 0.383 e. The number of aromatic nitrogens is 3. The number of hydrogen-bond donors (Lipinski definition) is 1. The molecule has 1 rings (SSSR count). The molecule has 0 saturated heterocycles. The molecule has 21 heavy (non-hydrogen) atoms. The van der Waals surface area contributed by atoms with Crippen molar-refractivity contribution in [1.29, 1.82) is 0 Å². The molecule has 6 nitrogen and oxygen atoms in total. The van der Waals surface area contributed by atoms with Crippen LogP contribution in [-0.4, -0.2) is 59.3 Å². The van der Waals surface area contributed by atoms with Gasteiger partial charge in [-0.25, -0.2) is 0 Å². The summed E-state index contributed by atoms with van der Waals surface area (Å²) in [7, 11) is 1.76. The average molecular weight is 297 g/mol. The second-order valence-corrected chi connectivity index (χ2v) is 5.25. The van der Waals surface area contributed by atoms with Crippen molar-refractivity contribution >= 4 is 0 Å². The lowest BCUT2D eigenvalue weighted by atomic mass is 10.1. The first-order valence-electron chi connectivity index (χ1n) is 8.07. The molecule has 1 N–H and O–H groups in total. The van der Waals surface area contributed by atoms with E-state index >= 15 is 0 Å². The summed E-state index contributed by atoms with van der Waals surface area (Å²) in [6.45, 7) is 11.9. The van der Waals surface area contributed by atoms with Gasteiger partial charge in [-0.05, 0) is 19.4 Å². The fourth-order valence-electron chi connectivity index (χ4n) is 2.50. The van der Waals surface area contributed by atoms with Gasteiger partial charge in [0, 0.05) is 39.0 Å². The van der Waals surface area contributed by atoms with Gasteiger partial charge in [0.15, 0.2) is 0 Å². The van der Waals surface area contributed by atoms with Crippen LogP contribution in [0.2, 0.25) is 0 Å². The van der Waals surface area contributed by atoms with E-state index in [9.17, 15) is 0 Å². The molecule has 1 heterocycles. The van der Waals surface area contributed by atoms with E-state index < -0.39 is 0 Å². The molecular formula is C15H31N5O. The number of nitrogens with one attached hydrogen (secondary N) is 1. The standard InChI is InChI=1S/C15H31N5O/c1-5-15(6-2)19(10-11-21-4)8-9-20-13-14(17-18-20)12-16-7-3/h13,15-16H,5-12H2,1-4H3. The number of rotatable bonds is 12. The first-order chi connectivity index (χ1) is 10.2. The first kappa shape index (κ1) is 18.1. The summed E-state index contributed by atoms with van der Waals surface area (Å²) in [5.74, 6) is 0. The summed E-state index contributed by atoms with van der Waals surface area (Å²) >= 11 is 0. The molecule has 0 radical (unpaired) electrons. The van der Waals surface area contributed by atoms with Gasteiger partial charge in [-0.3, -0.25) is 9.58 Å². The van der Waals surface area contributed by atoms with Crippen LogP contribution in [0.25, 0.3) is 0 Å². The van der Waals surface area contributed by atoms with Gasteiger partial charge in [-0.15, -0.1) is 5.10 Å². The number of hydrogen-bond acceptors (Lipinski definition) is 5. The van der Waals surface area contributed by atoms with Crippen molar-refractivity contribution in [2.75, 3.05) is 33.4 Å². The van der Waals surface area contributed by atoms with Crippen LogP contribution in [0.1, 0.15) is 39.3 Å². The molecule has 6 heteroatoms. The second kappa shape index (κ2) is 10.7. The third kappa shape index (κ3) is 6.54. The molecule has 0 aromatic carbocycles. The molecule has 0 unspecified atom stereocenters. The minimum atomic E-state index is 0.616. The van der Waals surface area contributed by atoms with Gasteiger partial charge in [0.2, 0.25) is 0 Å². The molecule has 0 saturated carbocycles. The average Bonchev–Trinajstić information content (AvgIpc) is 2.96. The van der Waals surface area contributed by atoms with Gasteiger partial charge in [0.1, 0.15) is 0 Å². The maximum atomic E-state index is 5.23. The Bertz CT molecular complexity index is 365. The van der Waals surface area contributed by atoms with Crippen molar-refractivity contribution in [2.24, 2.45) is 0 Å². The van der Waals surface area contributed by atoms with Gasteiger partial charge in [-0.2, -0.15) is 0 Å². The van der Waals surface area contributed by atoms with E-state index in [1.807, 2.05) is 10.9 Å². The number of nitrogens with zero attached hydrogens (tertiary/aromatic N) is 4. The molecule has 0 fully saturated rings. The predicted octanol–water partition coefficient (Wildman–Crippen LogP) is 1.52. The van der Waals surface area contributed by atoms with E-state index in [1.165, 1.54) is 12.8 Å². The van der Waals surface area contributed by atoms with Crippen LogP contribution in [0.3, 0.4) is 0 Å². The van der Waals surface area contributed by atoms with E-state index in [0.29, 0.717) is 6.04 Å². The van der Waals surface area contributed by atoms with Crippen molar-refractivity contribution < 1.29 is 4.74 Å². The zero-order valence-electron chi connectivity index (χ0n) is 14.0. The van der Waals surface area contributed by atoms with Crippen molar-refractivity contribution in [1.82, 2.24) is 25.2 Å². The predicted molar refractivity (Wildman–Crippen MR) is 85.2 cm³/mol. The van der Waals surface area contributed by atoms with E-state index in [-0.39, 0.29) is 0 Å². The molecule has 0 atom stereocenters. The van der Waals surface area contributed by atoms with E-state index in [2.05, 4.69) is 41.3 Å². The minimum Gasteiger partial charge on any atom is -0.383 e. The topological polar surface area (TPSA) is 55.2 Å². The Hall–Kier alpha value is -0.980. The third-order valence-corrected chi connectivity index (χ3v) is 3.80. The summed E-state index contributed by atoms with van der Waals surface area (Å²) in [5, 5.41) is 11.7. The molecule has 1 aromatic heterocycles. The highest BCUT2D eigenvalue weighted by molar-refractivity contribution is 4.91. The van der Waals surface area contributed by atoms with Gasteiger partial charge in [-0.1, -0.05) is 26.0 Å². The highest BCUT2D eigenvalue weighted by Gasteiger charge is 2.14. The van der Waals surface area contributed by atoms with E-state index in [4.69, 9.17) is 4.74 Å². The summed E-state index contributed by atoms with van der Waals surface area (Å²) in [4.78, 5) is 2.50. The lowest BCUT2D eigenvalue weighted by molar-refractivity contribution is 0.111. The summed E-state index contributed by atoms with van der Waals surface area (Å²) < 4.78 is 7.17. The zero-order valence-corrected chi connectivity index (χ0v) is 14.0. The maximum absolute atomic E-state index is 5.23. The molecule has 0 aliphatic carbocycles. The molecule has 0 aliphatic heterocycles. The maximum Gasteiger partial charge on any atom is 0.0964 e. The first-order valence-corrected chi connectivity index (χ1v) is 8.07. The highest BCUT2D eigenvalue weighted by atomic mass is 16.5. The smallest absolute Gasteiger partial charge is 0.0964 e. The second-order valence-electron chi connectivity index (χ2n) is 5.25. The lowest BCUT2D eigenvalue weighted by Crippen LogP contribution is -2.39. The number of ether oxygens (including phenoxy) is 1. The lowest BCUT2D eigenvalue weighted by Gasteiger charge is -2.30. The Labute approximate surface area is 128 Å². The van der Waals surface area contributed by atoms with Crippen LogP contribution in [0.5, 0.6) is 0 Å². The summed E-state index contributed by atoms with van der Waals surface area (Å²) in [6.07, 6.45) is 4.37. The van der Waals surface area contributed by atoms with Gasteiger partial charge < -0.3 is 10.1 Å². The van der Waals surface area contributed by atoms with E-state index in [0.717, 1.165) is 45.0 Å². The minimum absolute atomic E-state index is 0.616. The Morgan fingerprint density at radius 2 is 2.05 bits per heavy atom. The quantitative estimate of drug-likeness (QED) is 0.634. The van der Waals surface area contributed by atoms with Crippen LogP contribution < -0.4 is 5.32 Å². The van der Waals surface area contributed by atoms with Crippen LogP contribution in [0.4, 0.5) is 0 Å². The molecule has 0 spiro atoms. The van der Waals surface area contributed by atoms with Gasteiger partial charge in [0.05, 0.1) is 18.8 Å². The normalized spacial score (nSPS) is 11.7. The molecular weight excluding hydrogens is 266 g/mol. The van der Waals surface area contributed by atoms with Crippen LogP contribution in [0.15, 0.2) is 6.20 Å². The van der Waals surface area contributed by atoms with Crippen molar-refractivity contribution in [2.45, 2.75) is 52.7 Å². The third-order valence-electron chi connectivity index (χ3n) is 3.80. The Morgan fingerprint density at radius 3 is 2.67 bits per heavy atom. The Balaban J connectivity index is 2.48. The molecule has 122 valence electrons. The van der Waals surface area contributed by atoms with Crippen molar-refractivity contribution in [3.8, 4) is 0 Å². The van der Waals surface area contributed by atoms with Crippen molar-refractivity contribution in [3.05, 3.63) is 11.9 Å². The highest BCUT2D eigenvalue weighted by Crippen LogP contribution is 2.08. The molecule has 0 bridgehead atoms. The van der Waals surface area contributed by atoms with Gasteiger partial charge >= 0.3 is 0 Å². The Kier molecular flexibility index (Phi) is 9.21. The fourth-order valence-corrected chi connectivity index (χ4v) is 2.50.